The van der Waals surface area contributed by atoms with Gasteiger partial charge in [0.1, 0.15) is 0 Å². The van der Waals surface area contributed by atoms with Gasteiger partial charge < -0.3 is 9.47 Å². The Morgan fingerprint density at radius 1 is 1.06 bits per heavy atom. The molecule has 4 nitrogen and oxygen atoms in total. The largest absolute Gasteiger partial charge is 0.349 e. The standard InChI is InChI=1S/C27H42O4/c1-16-7-12-27(29-15-16)17(2)24-23(30-27)14-22-20-6-5-18-13-19(31-28)8-10-25(18,3)21(20)9-11-26(22,24)4/h5,16-17,19-24,28H,6-15H2,1-4H3. The van der Waals surface area contributed by atoms with Gasteiger partial charge in [-0.25, -0.2) is 4.89 Å². The van der Waals surface area contributed by atoms with Crippen molar-refractivity contribution in [3.63, 3.8) is 0 Å². The van der Waals surface area contributed by atoms with Crippen LogP contribution in [0, 0.1) is 46.3 Å². The van der Waals surface area contributed by atoms with E-state index < -0.39 is 0 Å². The molecule has 31 heavy (non-hydrogen) atoms. The minimum atomic E-state index is -0.305. The molecule has 0 aromatic rings. The van der Waals surface area contributed by atoms with Crippen molar-refractivity contribution in [2.24, 2.45) is 46.3 Å². The maximum Gasteiger partial charge on any atom is 0.171 e. The third-order valence-electron chi connectivity index (χ3n) is 11.5. The van der Waals surface area contributed by atoms with Gasteiger partial charge in [0, 0.05) is 12.3 Å². The van der Waals surface area contributed by atoms with E-state index in [9.17, 15) is 5.26 Å². The van der Waals surface area contributed by atoms with Crippen LogP contribution in [0.25, 0.3) is 0 Å². The Labute approximate surface area is 188 Å². The van der Waals surface area contributed by atoms with Crippen LogP contribution in [-0.2, 0) is 14.4 Å². The minimum absolute atomic E-state index is 0.000723. The van der Waals surface area contributed by atoms with Gasteiger partial charge in [0.05, 0.1) is 18.8 Å². The number of ether oxygens (including phenoxy) is 2. The maximum atomic E-state index is 9.24. The zero-order chi connectivity index (χ0) is 21.6. The topological polar surface area (TPSA) is 47.9 Å². The summed E-state index contributed by atoms with van der Waals surface area (Å²) in [5.74, 6) is 3.83. The van der Waals surface area contributed by atoms with Crippen LogP contribution in [0.1, 0.15) is 85.5 Å². The van der Waals surface area contributed by atoms with Gasteiger partial charge in [-0.2, -0.15) is 0 Å². The first-order valence-corrected chi connectivity index (χ1v) is 13.1. The monoisotopic (exact) mass is 430 g/mol. The summed E-state index contributed by atoms with van der Waals surface area (Å²) >= 11 is 0. The molecule has 4 heteroatoms. The van der Waals surface area contributed by atoms with E-state index in [1.165, 1.54) is 32.1 Å². The van der Waals surface area contributed by atoms with Crippen molar-refractivity contribution in [1.82, 2.24) is 0 Å². The number of hydrogen-bond donors (Lipinski definition) is 1. The molecule has 1 spiro atoms. The molecule has 11 atom stereocenters. The summed E-state index contributed by atoms with van der Waals surface area (Å²) in [7, 11) is 0. The molecule has 2 heterocycles. The molecule has 2 saturated heterocycles. The van der Waals surface area contributed by atoms with Crippen molar-refractivity contribution in [1.29, 1.82) is 0 Å². The van der Waals surface area contributed by atoms with Crippen molar-refractivity contribution in [2.45, 2.75) is 103 Å². The summed E-state index contributed by atoms with van der Waals surface area (Å²) in [6.45, 7) is 10.7. The summed E-state index contributed by atoms with van der Waals surface area (Å²) in [6.07, 6.45) is 13.4. The number of rotatable bonds is 1. The smallest absolute Gasteiger partial charge is 0.171 e. The van der Waals surface area contributed by atoms with Crippen molar-refractivity contribution < 1.29 is 19.6 Å². The highest BCUT2D eigenvalue weighted by atomic mass is 17.1. The normalized spacial score (nSPS) is 58.3. The SMILES string of the molecule is CC1CCC2(OC1)OC1CC3C4CC=C5CC(OO)CCC5(C)C4CCC3(C)C1C2C. The van der Waals surface area contributed by atoms with Crippen LogP contribution < -0.4 is 0 Å². The molecule has 11 unspecified atom stereocenters. The molecule has 5 fully saturated rings. The average Bonchev–Trinajstić information content (AvgIpc) is 3.20. The predicted octanol–water partition coefficient (Wildman–Crippen LogP) is 6.21. The lowest BCUT2D eigenvalue weighted by Crippen LogP contribution is -2.52. The lowest BCUT2D eigenvalue weighted by Gasteiger charge is -2.58. The number of fused-ring (bicyclic) bond motifs is 7. The summed E-state index contributed by atoms with van der Waals surface area (Å²) in [5, 5.41) is 9.24. The van der Waals surface area contributed by atoms with Gasteiger partial charge in [-0.1, -0.05) is 39.3 Å². The van der Waals surface area contributed by atoms with E-state index in [1.54, 1.807) is 5.57 Å². The molecular weight excluding hydrogens is 388 g/mol. The highest BCUT2D eigenvalue weighted by Gasteiger charge is 2.68. The Balaban J connectivity index is 1.27. The van der Waals surface area contributed by atoms with E-state index in [4.69, 9.17) is 14.4 Å². The van der Waals surface area contributed by atoms with Crippen molar-refractivity contribution in [3.05, 3.63) is 11.6 Å². The van der Waals surface area contributed by atoms with Crippen molar-refractivity contribution in [3.8, 4) is 0 Å². The van der Waals surface area contributed by atoms with Crippen LogP contribution in [0.5, 0.6) is 0 Å². The Bertz CT molecular complexity index is 754. The Morgan fingerprint density at radius 3 is 2.65 bits per heavy atom. The fraction of sp³-hybridized carbons (Fsp3) is 0.926. The molecule has 0 radical (unpaired) electrons. The number of hydrogen-bond acceptors (Lipinski definition) is 4. The lowest BCUT2D eigenvalue weighted by molar-refractivity contribution is -0.284. The molecule has 1 N–H and O–H groups in total. The highest BCUT2D eigenvalue weighted by molar-refractivity contribution is 5.26. The fourth-order valence-corrected chi connectivity index (χ4v) is 9.73. The molecule has 4 aliphatic carbocycles. The minimum Gasteiger partial charge on any atom is -0.349 e. The molecule has 174 valence electrons. The summed E-state index contributed by atoms with van der Waals surface area (Å²) < 4.78 is 13.4. The van der Waals surface area contributed by atoms with Gasteiger partial charge in [-0.3, -0.25) is 5.26 Å². The number of allylic oxidation sites excluding steroid dienone is 1. The van der Waals surface area contributed by atoms with Crippen LogP contribution in [0.4, 0.5) is 0 Å². The maximum absolute atomic E-state index is 9.24. The predicted molar refractivity (Wildman–Crippen MR) is 119 cm³/mol. The van der Waals surface area contributed by atoms with E-state index in [2.05, 4.69) is 33.8 Å². The van der Waals surface area contributed by atoms with E-state index >= 15 is 0 Å². The Hall–Kier alpha value is -0.420. The molecule has 0 bridgehead atoms. The van der Waals surface area contributed by atoms with E-state index in [0.717, 1.165) is 50.0 Å². The van der Waals surface area contributed by atoms with Crippen LogP contribution in [0.2, 0.25) is 0 Å². The van der Waals surface area contributed by atoms with Gasteiger partial charge >= 0.3 is 0 Å². The molecule has 0 aromatic carbocycles. The molecule has 2 aliphatic heterocycles. The lowest BCUT2D eigenvalue weighted by atomic mass is 9.47. The zero-order valence-electron chi connectivity index (χ0n) is 19.9. The van der Waals surface area contributed by atoms with Gasteiger partial charge in [0.25, 0.3) is 0 Å². The van der Waals surface area contributed by atoms with E-state index in [-0.39, 0.29) is 11.9 Å². The van der Waals surface area contributed by atoms with Crippen molar-refractivity contribution >= 4 is 0 Å². The first kappa shape index (κ1) is 21.1. The molecule has 6 aliphatic rings. The van der Waals surface area contributed by atoms with E-state index in [0.29, 0.717) is 34.7 Å². The zero-order valence-corrected chi connectivity index (χ0v) is 19.9. The molecule has 6 rings (SSSR count). The first-order chi connectivity index (χ1) is 14.8. The van der Waals surface area contributed by atoms with Gasteiger partial charge in [-0.05, 0) is 91.8 Å². The van der Waals surface area contributed by atoms with Crippen LogP contribution in [0.3, 0.4) is 0 Å². The fourth-order valence-electron chi connectivity index (χ4n) is 9.73. The first-order valence-electron chi connectivity index (χ1n) is 13.1. The van der Waals surface area contributed by atoms with Gasteiger partial charge in [0.15, 0.2) is 5.79 Å². The Kier molecular flexibility index (Phi) is 4.80. The second-order valence-electron chi connectivity index (χ2n) is 12.7. The Morgan fingerprint density at radius 2 is 1.90 bits per heavy atom. The molecule has 3 saturated carbocycles. The van der Waals surface area contributed by atoms with Gasteiger partial charge in [-0.15, -0.1) is 0 Å². The summed E-state index contributed by atoms with van der Waals surface area (Å²) in [5.41, 5.74) is 2.25. The molecule has 0 aromatic heterocycles. The second kappa shape index (κ2) is 7.04. The third kappa shape index (κ3) is 2.80. The van der Waals surface area contributed by atoms with Crippen molar-refractivity contribution in [2.75, 3.05) is 6.61 Å². The molecule has 0 amide bonds. The quantitative estimate of drug-likeness (QED) is 0.305. The second-order valence-corrected chi connectivity index (χ2v) is 12.7. The van der Waals surface area contributed by atoms with Crippen LogP contribution >= 0.6 is 0 Å². The van der Waals surface area contributed by atoms with Gasteiger partial charge in [0.2, 0.25) is 0 Å². The third-order valence-corrected chi connectivity index (χ3v) is 11.5. The summed E-state index contributed by atoms with van der Waals surface area (Å²) in [6, 6.07) is 0. The highest BCUT2D eigenvalue weighted by Crippen LogP contribution is 2.70. The summed E-state index contributed by atoms with van der Waals surface area (Å²) in [4.78, 5) is 4.76. The average molecular weight is 431 g/mol. The molecular formula is C27H42O4. The van der Waals surface area contributed by atoms with E-state index in [1.807, 2.05) is 0 Å². The van der Waals surface area contributed by atoms with Crippen LogP contribution in [0.15, 0.2) is 11.6 Å². The van der Waals surface area contributed by atoms with Crippen LogP contribution in [-0.4, -0.2) is 29.9 Å².